The summed E-state index contributed by atoms with van der Waals surface area (Å²) in [7, 11) is -2.91. The van der Waals surface area contributed by atoms with Crippen molar-refractivity contribution in [3.63, 3.8) is 0 Å². The summed E-state index contributed by atoms with van der Waals surface area (Å²) in [5.74, 6) is -0.255. The Labute approximate surface area is 144 Å². The molecule has 2 aliphatic carbocycles. The number of hydrogen-bond acceptors (Lipinski definition) is 8. The average molecular weight is 372 g/mol. The summed E-state index contributed by atoms with van der Waals surface area (Å²) < 4.78 is 41.5. The second-order valence-electron chi connectivity index (χ2n) is 7.08. The number of amides is 1. The molecule has 1 aromatic rings. The van der Waals surface area contributed by atoms with E-state index >= 15 is 0 Å². The summed E-state index contributed by atoms with van der Waals surface area (Å²) in [6.07, 6.45) is 3.49. The van der Waals surface area contributed by atoms with Crippen LogP contribution in [0.5, 0.6) is 0 Å². The molecule has 11 heteroatoms. The normalized spacial score (nSPS) is 30.2. The highest BCUT2D eigenvalue weighted by atomic mass is 32.3. The monoisotopic (exact) mass is 372 g/mol. The van der Waals surface area contributed by atoms with E-state index in [4.69, 9.17) is 8.97 Å². The molecule has 3 atom stereocenters. The number of rotatable bonds is 6. The minimum atomic E-state index is -4.74. The first-order valence-corrected chi connectivity index (χ1v) is 9.66. The summed E-state index contributed by atoms with van der Waals surface area (Å²) in [5.41, 5.74) is -0.197. The molecule has 2 heterocycles. The van der Waals surface area contributed by atoms with Gasteiger partial charge in [-0.3, -0.25) is 9.35 Å². The van der Waals surface area contributed by atoms with Gasteiger partial charge in [0.15, 0.2) is 0 Å². The van der Waals surface area contributed by atoms with Crippen LogP contribution in [-0.4, -0.2) is 53.8 Å². The molecule has 138 valence electrons. The van der Waals surface area contributed by atoms with Crippen molar-refractivity contribution in [2.75, 3.05) is 13.6 Å². The van der Waals surface area contributed by atoms with Crippen molar-refractivity contribution in [3.8, 4) is 0 Å². The Hall–Kier alpha value is -1.56. The van der Waals surface area contributed by atoms with E-state index in [1.165, 1.54) is 0 Å². The molecule has 1 spiro atoms. The van der Waals surface area contributed by atoms with Gasteiger partial charge >= 0.3 is 10.4 Å². The van der Waals surface area contributed by atoms with Gasteiger partial charge in [-0.15, -0.1) is 14.5 Å². The van der Waals surface area contributed by atoms with E-state index in [2.05, 4.69) is 19.8 Å². The molecule has 1 saturated heterocycles. The zero-order chi connectivity index (χ0) is 17.8. The average Bonchev–Trinajstić information content (AvgIpc) is 3.05. The molecule has 25 heavy (non-hydrogen) atoms. The van der Waals surface area contributed by atoms with Gasteiger partial charge in [-0.25, -0.2) is 0 Å². The zero-order valence-electron chi connectivity index (χ0n) is 13.7. The molecule has 2 saturated carbocycles. The Balaban J connectivity index is 1.60. The number of hydroxylamine groups is 2. The summed E-state index contributed by atoms with van der Waals surface area (Å²) in [6, 6.07) is -0.338. The van der Waals surface area contributed by atoms with Crippen LogP contribution in [0.4, 0.5) is 0 Å². The number of likely N-dealkylation sites (N-methyl/N-ethyl adjacent to an activating group) is 1. The van der Waals surface area contributed by atoms with Crippen molar-refractivity contribution in [2.45, 2.75) is 44.1 Å². The van der Waals surface area contributed by atoms with Crippen molar-refractivity contribution in [3.05, 3.63) is 11.8 Å². The molecule has 2 N–H and O–H groups in total. The second kappa shape index (κ2) is 5.73. The zero-order valence-corrected chi connectivity index (χ0v) is 14.5. The molecule has 3 fully saturated rings. The number of fused-ring (bicyclic) bond motifs is 3. The van der Waals surface area contributed by atoms with Crippen LogP contribution >= 0.6 is 0 Å². The third kappa shape index (κ3) is 2.94. The molecule has 1 amide bonds. The maximum atomic E-state index is 12.7. The quantitative estimate of drug-likeness (QED) is 0.664. The van der Waals surface area contributed by atoms with Crippen molar-refractivity contribution in [1.82, 2.24) is 20.6 Å². The molecule has 1 unspecified atom stereocenters. The fourth-order valence-electron chi connectivity index (χ4n) is 4.20. The van der Waals surface area contributed by atoms with E-state index in [-0.39, 0.29) is 17.4 Å². The highest BCUT2D eigenvalue weighted by Gasteiger charge is 2.65. The van der Waals surface area contributed by atoms with Crippen LogP contribution in [0.25, 0.3) is 0 Å². The first-order valence-electron chi connectivity index (χ1n) is 8.30. The smallest absolute Gasteiger partial charge is 0.418 e. The lowest BCUT2D eigenvalue weighted by Crippen LogP contribution is -2.40. The third-order valence-electron chi connectivity index (χ3n) is 5.57. The van der Waals surface area contributed by atoms with Gasteiger partial charge in [0.2, 0.25) is 11.8 Å². The van der Waals surface area contributed by atoms with Crippen molar-refractivity contribution < 1.29 is 26.5 Å². The Morgan fingerprint density at radius 2 is 2.16 bits per heavy atom. The summed E-state index contributed by atoms with van der Waals surface area (Å²) in [5, 5.41) is 12.0. The van der Waals surface area contributed by atoms with Gasteiger partial charge in [0, 0.05) is 18.9 Å². The standard InChI is InChI=1S/C14H20N4O6S/c1-15-5-2-11-16-17-12(23-11)9-7-14(3-4-14)10-6-8(9)13(19)18(10)24-25(20,21)22/h8-10,15H,2-7H2,1H3,(H,20,21,22)/t8?,9-,10-/m1/s1. The van der Waals surface area contributed by atoms with Crippen molar-refractivity contribution >= 4 is 16.3 Å². The van der Waals surface area contributed by atoms with Gasteiger partial charge in [0.1, 0.15) is 0 Å². The molecule has 1 aliphatic heterocycles. The largest absolute Gasteiger partial charge is 0.425 e. The van der Waals surface area contributed by atoms with E-state index in [0.29, 0.717) is 37.6 Å². The Morgan fingerprint density at radius 1 is 1.40 bits per heavy atom. The fourth-order valence-corrected chi connectivity index (χ4v) is 4.58. The second-order valence-corrected chi connectivity index (χ2v) is 8.09. The SMILES string of the molecule is CNCCc1nnc([C@@H]2CC3(CC3)[C@H]3CC2C(=O)N3OS(=O)(=O)O)o1. The molecule has 2 bridgehead atoms. The number of carbonyl (C=O) groups is 1. The molecule has 3 aliphatic rings. The summed E-state index contributed by atoms with van der Waals surface area (Å²) >= 11 is 0. The number of hydrogen-bond donors (Lipinski definition) is 2. The van der Waals surface area contributed by atoms with Crippen LogP contribution in [0.3, 0.4) is 0 Å². The Kier molecular flexibility index (Phi) is 3.87. The predicted octanol–water partition coefficient (Wildman–Crippen LogP) is 0.0505. The fraction of sp³-hybridized carbons (Fsp3) is 0.786. The van der Waals surface area contributed by atoms with Gasteiger partial charge in [-0.2, -0.15) is 13.5 Å². The molecule has 4 rings (SSSR count). The van der Waals surface area contributed by atoms with Gasteiger partial charge in [-0.1, -0.05) is 0 Å². The topological polar surface area (TPSA) is 135 Å². The van der Waals surface area contributed by atoms with Crippen LogP contribution < -0.4 is 5.32 Å². The predicted molar refractivity (Wildman–Crippen MR) is 82.3 cm³/mol. The number of carbonyl (C=O) groups excluding carboxylic acids is 1. The molecular weight excluding hydrogens is 352 g/mol. The maximum Gasteiger partial charge on any atom is 0.418 e. The Morgan fingerprint density at radius 3 is 2.80 bits per heavy atom. The maximum absolute atomic E-state index is 12.7. The first-order chi connectivity index (χ1) is 11.8. The van der Waals surface area contributed by atoms with Gasteiger partial charge in [0.25, 0.3) is 5.91 Å². The highest BCUT2D eigenvalue weighted by Crippen LogP contribution is 2.65. The van der Waals surface area contributed by atoms with Gasteiger partial charge < -0.3 is 9.73 Å². The lowest BCUT2D eigenvalue weighted by Gasteiger charge is -2.33. The highest BCUT2D eigenvalue weighted by molar-refractivity contribution is 7.80. The molecule has 10 nitrogen and oxygen atoms in total. The van der Waals surface area contributed by atoms with Gasteiger partial charge in [-0.05, 0) is 38.1 Å². The minimum Gasteiger partial charge on any atom is -0.425 e. The van der Waals surface area contributed by atoms with E-state index in [1.54, 1.807) is 0 Å². The Bertz CT molecular complexity index is 789. The van der Waals surface area contributed by atoms with E-state index in [9.17, 15) is 13.2 Å². The molecule has 0 radical (unpaired) electrons. The lowest BCUT2D eigenvalue weighted by molar-refractivity contribution is -0.161. The molecule has 0 aromatic carbocycles. The minimum absolute atomic E-state index is 0.197. The summed E-state index contributed by atoms with van der Waals surface area (Å²) in [6.45, 7) is 0.705. The number of nitrogens with one attached hydrogen (secondary N) is 1. The van der Waals surface area contributed by atoms with Crippen LogP contribution in [0, 0.1) is 11.3 Å². The first kappa shape index (κ1) is 16.9. The summed E-state index contributed by atoms with van der Waals surface area (Å²) in [4.78, 5) is 12.7. The molecular formula is C14H20N4O6S. The third-order valence-corrected chi connectivity index (χ3v) is 5.92. The van der Waals surface area contributed by atoms with Crippen molar-refractivity contribution in [2.24, 2.45) is 11.3 Å². The van der Waals surface area contributed by atoms with Crippen molar-refractivity contribution in [1.29, 1.82) is 0 Å². The lowest BCUT2D eigenvalue weighted by atomic mass is 9.72. The van der Waals surface area contributed by atoms with Gasteiger partial charge in [0.05, 0.1) is 12.0 Å². The molecule has 1 aromatic heterocycles. The van der Waals surface area contributed by atoms with Crippen LogP contribution in [0.1, 0.15) is 43.4 Å². The van der Waals surface area contributed by atoms with E-state index in [1.807, 2.05) is 7.05 Å². The van der Waals surface area contributed by atoms with Crippen LogP contribution in [0.15, 0.2) is 4.42 Å². The van der Waals surface area contributed by atoms with Crippen LogP contribution in [0.2, 0.25) is 0 Å². The van der Waals surface area contributed by atoms with Crippen LogP contribution in [-0.2, 0) is 25.9 Å². The van der Waals surface area contributed by atoms with E-state index < -0.39 is 22.2 Å². The number of aromatic nitrogens is 2. The van der Waals surface area contributed by atoms with E-state index in [0.717, 1.165) is 17.9 Å². The number of nitrogens with zero attached hydrogens (tertiary/aromatic N) is 3.